The monoisotopic (exact) mass is 519 g/mol. The van der Waals surface area contributed by atoms with Crippen LogP contribution in [0.5, 0.6) is 0 Å². The number of amides is 4. The normalized spacial score (nSPS) is 19.8. The van der Waals surface area contributed by atoms with Gasteiger partial charge < -0.3 is 36.9 Å². The van der Waals surface area contributed by atoms with Crippen LogP contribution in [0.2, 0.25) is 0 Å². The minimum absolute atomic E-state index is 0.0871. The SMILES string of the molecule is CC(=O)c1ccc(NC(=O)N[C@@H]2C=C(C(=O)N[C@H](Cc3c[nH]c4ccccc34)C(N)=O)C[C@@H](O)[C@@H]2O)cc1. The zero-order valence-corrected chi connectivity index (χ0v) is 20.6. The molecule has 11 nitrogen and oxygen atoms in total. The summed E-state index contributed by atoms with van der Waals surface area (Å²) in [7, 11) is 0. The number of H-pyrrole nitrogens is 1. The summed E-state index contributed by atoms with van der Waals surface area (Å²) in [6.07, 6.45) is 0.360. The molecule has 0 spiro atoms. The number of para-hydroxylation sites is 1. The molecule has 0 saturated carbocycles. The van der Waals surface area contributed by atoms with Crippen LogP contribution in [0.1, 0.15) is 29.3 Å². The van der Waals surface area contributed by atoms with E-state index in [1.807, 2.05) is 24.3 Å². The first-order chi connectivity index (χ1) is 18.1. The van der Waals surface area contributed by atoms with Gasteiger partial charge in [-0.15, -0.1) is 0 Å². The summed E-state index contributed by atoms with van der Waals surface area (Å²) in [4.78, 5) is 52.2. The third-order valence-electron chi connectivity index (χ3n) is 6.46. The van der Waals surface area contributed by atoms with Crippen molar-refractivity contribution in [1.29, 1.82) is 0 Å². The molecule has 8 N–H and O–H groups in total. The van der Waals surface area contributed by atoms with E-state index in [-0.39, 0.29) is 24.2 Å². The number of aromatic amines is 1. The minimum Gasteiger partial charge on any atom is -0.390 e. The Hall–Kier alpha value is -4.48. The Morgan fingerprint density at radius 3 is 2.47 bits per heavy atom. The number of Topliss-reactive ketones (excluding diaryl/α,β-unsaturated/α-hetero) is 1. The Morgan fingerprint density at radius 2 is 1.79 bits per heavy atom. The molecule has 1 aliphatic carbocycles. The third kappa shape index (κ3) is 6.07. The van der Waals surface area contributed by atoms with E-state index in [0.717, 1.165) is 16.5 Å². The van der Waals surface area contributed by atoms with Crippen molar-refractivity contribution in [2.45, 2.75) is 44.1 Å². The number of urea groups is 1. The van der Waals surface area contributed by atoms with E-state index in [4.69, 9.17) is 5.73 Å². The quantitative estimate of drug-likeness (QED) is 0.219. The summed E-state index contributed by atoms with van der Waals surface area (Å²) in [5.74, 6) is -1.49. The maximum atomic E-state index is 13.0. The van der Waals surface area contributed by atoms with Gasteiger partial charge in [-0.1, -0.05) is 24.3 Å². The fraction of sp³-hybridized carbons (Fsp3) is 0.259. The Labute approximate surface area is 218 Å². The van der Waals surface area contributed by atoms with Crippen molar-refractivity contribution in [1.82, 2.24) is 15.6 Å². The lowest BCUT2D eigenvalue weighted by molar-refractivity contribution is -0.125. The van der Waals surface area contributed by atoms with Crippen LogP contribution in [0.15, 0.2) is 66.4 Å². The molecule has 3 aromatic rings. The van der Waals surface area contributed by atoms with Crippen molar-refractivity contribution in [2.75, 3.05) is 5.32 Å². The molecular formula is C27H29N5O6. The molecule has 0 fully saturated rings. The Morgan fingerprint density at radius 1 is 1.08 bits per heavy atom. The van der Waals surface area contributed by atoms with E-state index in [9.17, 15) is 29.4 Å². The number of hydrogen-bond donors (Lipinski definition) is 7. The van der Waals surface area contributed by atoms with Crippen LogP contribution in [0.3, 0.4) is 0 Å². The lowest BCUT2D eigenvalue weighted by Gasteiger charge is -2.31. The molecule has 1 aromatic heterocycles. The lowest BCUT2D eigenvalue weighted by Crippen LogP contribution is -2.53. The number of aromatic nitrogens is 1. The number of aliphatic hydroxyl groups excluding tert-OH is 2. The zero-order chi connectivity index (χ0) is 27.4. The molecule has 0 radical (unpaired) electrons. The predicted octanol–water partition coefficient (Wildman–Crippen LogP) is 1.13. The number of rotatable bonds is 8. The number of aliphatic hydroxyl groups is 2. The molecule has 198 valence electrons. The molecule has 11 heteroatoms. The Balaban J connectivity index is 1.44. The van der Waals surface area contributed by atoms with Gasteiger partial charge in [0.05, 0.1) is 12.1 Å². The number of primary amides is 1. The maximum absolute atomic E-state index is 13.0. The highest BCUT2D eigenvalue weighted by Gasteiger charge is 2.34. The average molecular weight is 520 g/mol. The summed E-state index contributed by atoms with van der Waals surface area (Å²) in [6.45, 7) is 1.43. The molecule has 0 saturated heterocycles. The molecule has 4 rings (SSSR count). The van der Waals surface area contributed by atoms with Crippen LogP contribution in [-0.2, 0) is 16.0 Å². The first-order valence-electron chi connectivity index (χ1n) is 12.0. The van der Waals surface area contributed by atoms with Gasteiger partial charge in [0.2, 0.25) is 11.8 Å². The Kier molecular flexibility index (Phi) is 7.89. The van der Waals surface area contributed by atoms with E-state index in [2.05, 4.69) is 20.9 Å². The number of hydrogen-bond acceptors (Lipinski definition) is 6. The van der Waals surface area contributed by atoms with Crippen LogP contribution in [0.4, 0.5) is 10.5 Å². The second-order valence-corrected chi connectivity index (χ2v) is 9.20. The number of carbonyl (C=O) groups excluding carboxylic acids is 4. The van der Waals surface area contributed by atoms with Gasteiger partial charge in [0, 0.05) is 46.8 Å². The molecule has 38 heavy (non-hydrogen) atoms. The van der Waals surface area contributed by atoms with Crippen LogP contribution < -0.4 is 21.7 Å². The van der Waals surface area contributed by atoms with Gasteiger partial charge in [-0.2, -0.15) is 0 Å². The predicted molar refractivity (Wildman–Crippen MR) is 140 cm³/mol. The highest BCUT2D eigenvalue weighted by atomic mass is 16.3. The number of nitrogens with two attached hydrogens (primary N) is 1. The largest absolute Gasteiger partial charge is 0.390 e. The number of anilines is 1. The molecule has 4 amide bonds. The zero-order valence-electron chi connectivity index (χ0n) is 20.6. The highest BCUT2D eigenvalue weighted by Crippen LogP contribution is 2.22. The van der Waals surface area contributed by atoms with Crippen LogP contribution >= 0.6 is 0 Å². The lowest BCUT2D eigenvalue weighted by atomic mass is 9.89. The van der Waals surface area contributed by atoms with E-state index in [1.165, 1.54) is 13.0 Å². The van der Waals surface area contributed by atoms with Crippen molar-refractivity contribution >= 4 is 40.2 Å². The topological polar surface area (TPSA) is 187 Å². The van der Waals surface area contributed by atoms with E-state index in [1.54, 1.807) is 30.5 Å². The van der Waals surface area contributed by atoms with Crippen molar-refractivity contribution in [3.8, 4) is 0 Å². The molecular weight excluding hydrogens is 490 g/mol. The smallest absolute Gasteiger partial charge is 0.319 e. The Bertz CT molecular complexity index is 1400. The van der Waals surface area contributed by atoms with Gasteiger partial charge in [-0.3, -0.25) is 14.4 Å². The van der Waals surface area contributed by atoms with Gasteiger partial charge in [0.1, 0.15) is 12.1 Å². The standard InChI is InChI=1S/C27H29N5O6/c1-14(33)15-6-8-18(9-7-15)30-27(38)32-21-10-16(12-23(34)24(21)35)26(37)31-22(25(28)36)11-17-13-29-20-5-3-2-4-19(17)20/h2-10,13,21-24,29,34-35H,11-12H2,1H3,(H2,28,36)(H,31,37)(H2,30,32,38)/t21-,22-,23-,24-/m1/s1. The number of nitrogens with one attached hydrogen (secondary N) is 4. The molecule has 0 unspecified atom stereocenters. The highest BCUT2D eigenvalue weighted by molar-refractivity contribution is 5.98. The summed E-state index contributed by atoms with van der Waals surface area (Å²) < 4.78 is 0. The maximum Gasteiger partial charge on any atom is 0.319 e. The third-order valence-corrected chi connectivity index (χ3v) is 6.46. The summed E-state index contributed by atoms with van der Waals surface area (Å²) in [6, 6.07) is 10.9. The summed E-state index contributed by atoms with van der Waals surface area (Å²) in [5.41, 5.74) is 8.21. The van der Waals surface area contributed by atoms with Gasteiger partial charge in [-0.05, 0) is 42.8 Å². The van der Waals surface area contributed by atoms with Crippen molar-refractivity contribution < 1.29 is 29.4 Å². The second-order valence-electron chi connectivity index (χ2n) is 9.20. The van der Waals surface area contributed by atoms with Crippen molar-refractivity contribution in [3.05, 3.63) is 77.5 Å². The van der Waals surface area contributed by atoms with Crippen molar-refractivity contribution in [2.24, 2.45) is 5.73 Å². The molecule has 0 bridgehead atoms. The number of benzene rings is 2. The first kappa shape index (κ1) is 26.6. The average Bonchev–Trinajstić information content (AvgIpc) is 3.29. The number of fused-ring (bicyclic) bond motifs is 1. The molecule has 2 aromatic carbocycles. The van der Waals surface area contributed by atoms with E-state index in [0.29, 0.717) is 11.3 Å². The van der Waals surface area contributed by atoms with Crippen molar-refractivity contribution in [3.63, 3.8) is 0 Å². The number of ketones is 1. The van der Waals surface area contributed by atoms with Gasteiger partial charge in [0.15, 0.2) is 5.78 Å². The van der Waals surface area contributed by atoms with Gasteiger partial charge in [-0.25, -0.2) is 4.79 Å². The minimum atomic E-state index is -1.37. The van der Waals surface area contributed by atoms with Crippen LogP contribution in [0, 0.1) is 0 Å². The molecule has 4 atom stereocenters. The van der Waals surface area contributed by atoms with Crippen LogP contribution in [-0.4, -0.2) is 63.1 Å². The van der Waals surface area contributed by atoms with Crippen LogP contribution in [0.25, 0.3) is 10.9 Å². The summed E-state index contributed by atoms with van der Waals surface area (Å²) >= 11 is 0. The fourth-order valence-corrected chi connectivity index (χ4v) is 4.37. The van der Waals surface area contributed by atoms with E-state index < -0.39 is 42.1 Å². The fourth-order valence-electron chi connectivity index (χ4n) is 4.37. The molecule has 1 heterocycles. The first-order valence-corrected chi connectivity index (χ1v) is 12.0. The summed E-state index contributed by atoms with van der Waals surface area (Å²) in [5, 5.41) is 29.4. The van der Waals surface area contributed by atoms with Gasteiger partial charge in [0.25, 0.3) is 0 Å². The molecule has 1 aliphatic rings. The molecule has 0 aliphatic heterocycles. The van der Waals surface area contributed by atoms with Gasteiger partial charge >= 0.3 is 6.03 Å². The van der Waals surface area contributed by atoms with E-state index >= 15 is 0 Å². The number of carbonyl (C=O) groups is 4. The second kappa shape index (κ2) is 11.3.